The summed E-state index contributed by atoms with van der Waals surface area (Å²) in [6, 6.07) is 0. The summed E-state index contributed by atoms with van der Waals surface area (Å²) < 4.78 is 10.4. The molecule has 0 spiro atoms. The normalized spacial score (nSPS) is 15.8. The molecular weight excluding hydrogens is 280 g/mol. The van der Waals surface area contributed by atoms with E-state index in [0.29, 0.717) is 0 Å². The maximum atomic E-state index is 5.31. The van der Waals surface area contributed by atoms with Gasteiger partial charge < -0.3 is 25.0 Å². The first kappa shape index (κ1) is 18.9. The van der Waals surface area contributed by atoms with E-state index in [9.17, 15) is 0 Å². The Bertz CT molecular complexity index is 345. The number of hydrogen-bond donors (Lipinski definition) is 2. The van der Waals surface area contributed by atoms with Crippen molar-refractivity contribution in [2.45, 2.75) is 19.3 Å². The molecule has 1 heterocycles. The minimum Gasteiger partial charge on any atom is -0.385 e. The largest absolute Gasteiger partial charge is 0.385 e. The first-order valence-corrected chi connectivity index (χ1v) is 8.14. The van der Waals surface area contributed by atoms with Crippen molar-refractivity contribution in [3.63, 3.8) is 0 Å². The SMILES string of the molecule is CN=C(NCCC1=CCOCC1)NCCN(C)CCCOC. The molecule has 1 rings (SSSR count). The Hall–Kier alpha value is -1.11. The third-order valence-corrected chi connectivity index (χ3v) is 3.69. The highest BCUT2D eigenvalue weighted by Gasteiger charge is 2.04. The summed E-state index contributed by atoms with van der Waals surface area (Å²) in [6.07, 6.45) is 5.37. The van der Waals surface area contributed by atoms with Crippen LogP contribution in [0.25, 0.3) is 0 Å². The zero-order valence-corrected chi connectivity index (χ0v) is 14.4. The molecule has 0 aliphatic carbocycles. The van der Waals surface area contributed by atoms with Crippen molar-refractivity contribution in [3.05, 3.63) is 11.6 Å². The number of hydrogen-bond acceptors (Lipinski definition) is 4. The average molecular weight is 312 g/mol. The molecular formula is C16H32N4O2. The summed E-state index contributed by atoms with van der Waals surface area (Å²) in [7, 11) is 5.68. The predicted octanol–water partition coefficient (Wildman–Crippen LogP) is 0.857. The minimum absolute atomic E-state index is 0.762. The molecule has 0 radical (unpaired) electrons. The molecule has 0 amide bonds. The van der Waals surface area contributed by atoms with Crippen molar-refractivity contribution in [2.75, 3.05) is 67.2 Å². The topological polar surface area (TPSA) is 58.1 Å². The summed E-state index contributed by atoms with van der Waals surface area (Å²) >= 11 is 0. The second-order valence-corrected chi connectivity index (χ2v) is 5.51. The van der Waals surface area contributed by atoms with Gasteiger partial charge in [0.15, 0.2) is 5.96 Å². The van der Waals surface area contributed by atoms with Gasteiger partial charge in [0.2, 0.25) is 0 Å². The van der Waals surface area contributed by atoms with Gasteiger partial charge in [-0.3, -0.25) is 4.99 Å². The number of aliphatic imine (C=N–C) groups is 1. The number of nitrogens with one attached hydrogen (secondary N) is 2. The fourth-order valence-electron chi connectivity index (χ4n) is 2.31. The van der Waals surface area contributed by atoms with E-state index < -0.39 is 0 Å². The molecule has 0 unspecified atom stereocenters. The van der Waals surface area contributed by atoms with Gasteiger partial charge in [-0.25, -0.2) is 0 Å². The van der Waals surface area contributed by atoms with Gasteiger partial charge in [-0.2, -0.15) is 0 Å². The van der Waals surface area contributed by atoms with Gasteiger partial charge in [-0.1, -0.05) is 11.6 Å². The van der Waals surface area contributed by atoms with Crippen LogP contribution in [0, 0.1) is 0 Å². The quantitative estimate of drug-likeness (QED) is 0.271. The van der Waals surface area contributed by atoms with Crippen LogP contribution >= 0.6 is 0 Å². The Morgan fingerprint density at radius 3 is 2.86 bits per heavy atom. The van der Waals surface area contributed by atoms with Crippen LogP contribution in [0.1, 0.15) is 19.3 Å². The Kier molecular flexibility index (Phi) is 10.7. The van der Waals surface area contributed by atoms with E-state index >= 15 is 0 Å². The smallest absolute Gasteiger partial charge is 0.191 e. The van der Waals surface area contributed by atoms with Crippen LogP contribution < -0.4 is 10.6 Å². The van der Waals surface area contributed by atoms with Crippen molar-refractivity contribution in [1.82, 2.24) is 15.5 Å². The molecule has 0 saturated carbocycles. The van der Waals surface area contributed by atoms with Crippen molar-refractivity contribution < 1.29 is 9.47 Å². The highest BCUT2D eigenvalue weighted by molar-refractivity contribution is 5.79. The third-order valence-electron chi connectivity index (χ3n) is 3.69. The van der Waals surface area contributed by atoms with E-state index in [0.717, 1.165) is 71.2 Å². The number of nitrogens with zero attached hydrogens (tertiary/aromatic N) is 2. The Morgan fingerprint density at radius 1 is 1.36 bits per heavy atom. The molecule has 6 heteroatoms. The van der Waals surface area contributed by atoms with Crippen molar-refractivity contribution in [1.29, 1.82) is 0 Å². The zero-order chi connectivity index (χ0) is 16.0. The predicted molar refractivity (Wildman–Crippen MR) is 91.5 cm³/mol. The van der Waals surface area contributed by atoms with Crippen LogP contribution in [0.2, 0.25) is 0 Å². The van der Waals surface area contributed by atoms with Crippen molar-refractivity contribution in [3.8, 4) is 0 Å². The molecule has 0 fully saturated rings. The molecule has 0 atom stereocenters. The molecule has 0 aromatic heterocycles. The van der Waals surface area contributed by atoms with Crippen LogP contribution in [0.4, 0.5) is 0 Å². The van der Waals surface area contributed by atoms with E-state index in [1.165, 1.54) is 5.57 Å². The zero-order valence-electron chi connectivity index (χ0n) is 14.4. The van der Waals surface area contributed by atoms with Crippen LogP contribution in [0.3, 0.4) is 0 Å². The first-order valence-electron chi connectivity index (χ1n) is 8.14. The van der Waals surface area contributed by atoms with Gasteiger partial charge in [0.1, 0.15) is 0 Å². The van der Waals surface area contributed by atoms with Crippen LogP contribution in [-0.4, -0.2) is 78.1 Å². The molecule has 22 heavy (non-hydrogen) atoms. The fourth-order valence-corrected chi connectivity index (χ4v) is 2.31. The maximum Gasteiger partial charge on any atom is 0.191 e. The molecule has 128 valence electrons. The van der Waals surface area contributed by atoms with Gasteiger partial charge in [-0.05, 0) is 26.3 Å². The van der Waals surface area contributed by atoms with Gasteiger partial charge in [-0.15, -0.1) is 0 Å². The van der Waals surface area contributed by atoms with Gasteiger partial charge >= 0.3 is 0 Å². The van der Waals surface area contributed by atoms with E-state index in [-0.39, 0.29) is 0 Å². The molecule has 0 saturated heterocycles. The Balaban J connectivity index is 2.08. The summed E-state index contributed by atoms with van der Waals surface area (Å²) in [5.74, 6) is 0.873. The summed E-state index contributed by atoms with van der Waals surface area (Å²) in [5, 5.41) is 6.71. The number of methoxy groups -OCH3 is 1. The lowest BCUT2D eigenvalue weighted by Gasteiger charge is -2.18. The van der Waals surface area contributed by atoms with Crippen LogP contribution in [0.5, 0.6) is 0 Å². The second-order valence-electron chi connectivity index (χ2n) is 5.51. The summed E-state index contributed by atoms with van der Waals surface area (Å²) in [6.45, 7) is 6.29. The van der Waals surface area contributed by atoms with E-state index in [2.05, 4.69) is 33.6 Å². The molecule has 2 N–H and O–H groups in total. The van der Waals surface area contributed by atoms with Crippen molar-refractivity contribution >= 4 is 5.96 Å². The lowest BCUT2D eigenvalue weighted by atomic mass is 10.1. The molecule has 1 aliphatic heterocycles. The molecule has 6 nitrogen and oxygen atoms in total. The summed E-state index contributed by atoms with van der Waals surface area (Å²) in [5.41, 5.74) is 1.48. The molecule has 0 aromatic rings. The highest BCUT2D eigenvalue weighted by atomic mass is 16.5. The van der Waals surface area contributed by atoms with E-state index in [1.807, 2.05) is 7.05 Å². The first-order chi connectivity index (χ1) is 10.8. The fraction of sp³-hybridized carbons (Fsp3) is 0.812. The average Bonchev–Trinajstić information content (AvgIpc) is 2.54. The minimum atomic E-state index is 0.762. The second kappa shape index (κ2) is 12.4. The van der Waals surface area contributed by atoms with Gasteiger partial charge in [0.25, 0.3) is 0 Å². The third kappa shape index (κ3) is 9.02. The van der Waals surface area contributed by atoms with Crippen LogP contribution in [0.15, 0.2) is 16.6 Å². The maximum absolute atomic E-state index is 5.31. The van der Waals surface area contributed by atoms with E-state index in [1.54, 1.807) is 7.11 Å². The monoisotopic (exact) mass is 312 g/mol. The lowest BCUT2D eigenvalue weighted by Crippen LogP contribution is -2.41. The number of rotatable bonds is 10. The Labute approximate surface area is 134 Å². The Morgan fingerprint density at radius 2 is 2.18 bits per heavy atom. The number of likely N-dealkylation sites (N-methyl/N-ethyl adjacent to an activating group) is 1. The summed E-state index contributed by atoms with van der Waals surface area (Å²) in [4.78, 5) is 6.55. The number of guanidine groups is 1. The molecule has 1 aliphatic rings. The van der Waals surface area contributed by atoms with E-state index in [4.69, 9.17) is 9.47 Å². The van der Waals surface area contributed by atoms with Crippen molar-refractivity contribution in [2.24, 2.45) is 4.99 Å². The lowest BCUT2D eigenvalue weighted by molar-refractivity contribution is 0.153. The van der Waals surface area contributed by atoms with Crippen LogP contribution in [-0.2, 0) is 9.47 Å². The molecule has 0 bridgehead atoms. The standard InChI is InChI=1S/C16H32N4O2/c1-17-16(18-8-5-15-6-13-22-14-7-15)19-9-11-20(2)10-4-12-21-3/h6H,4-5,7-14H2,1-3H3,(H2,17,18,19). The number of ether oxygens (including phenoxy) is 2. The van der Waals surface area contributed by atoms with Gasteiger partial charge in [0.05, 0.1) is 13.2 Å². The molecule has 0 aromatic carbocycles. The van der Waals surface area contributed by atoms with Gasteiger partial charge in [0, 0.05) is 46.9 Å². The highest BCUT2D eigenvalue weighted by Crippen LogP contribution is 2.10.